The summed E-state index contributed by atoms with van der Waals surface area (Å²) >= 11 is 0.885. The lowest BCUT2D eigenvalue weighted by Gasteiger charge is -2.47. The zero-order chi connectivity index (χ0) is 30.3. The Hall–Kier alpha value is -2.35. The predicted octanol–water partition coefficient (Wildman–Crippen LogP) is -2.79. The van der Waals surface area contributed by atoms with Gasteiger partial charge in [0.2, 0.25) is 10.8 Å². The van der Waals surface area contributed by atoms with Gasteiger partial charge in [0.05, 0.1) is 32.0 Å². The second kappa shape index (κ2) is 12.1. The van der Waals surface area contributed by atoms with Crippen LogP contribution in [0, 0.1) is 0 Å². The lowest BCUT2D eigenvalue weighted by atomic mass is 9.89. The standard InChI is InChI=1S/C24H36N4O12S/c1-10(30)26-15-11(31)7-24(21(34)36-4,40-18(15)16(33)12(32)8-29)41-9-13-17-19(39-23(2,3)38-17)20(37-13)28-6-5-14(25)27-22(28)35/h5-6,11-13,15-20,29,31-33H,7-9H2,1-4H3,(H,26,30)(H2,25,27,35)/t11-,12+,13+,15+,16+,17+,18+,19+,20+,24-/m0/s1. The minimum atomic E-state index is -1.94. The second-order valence-electron chi connectivity index (χ2n) is 10.5. The number of carbonyl (C=O) groups excluding carboxylic acids is 2. The number of thioether (sulfide) groups is 1. The molecule has 0 saturated carbocycles. The summed E-state index contributed by atoms with van der Waals surface area (Å²) in [6.07, 6.45) is -8.56. The van der Waals surface area contributed by atoms with E-state index < -0.39 is 89.9 Å². The van der Waals surface area contributed by atoms with E-state index in [-0.39, 0.29) is 18.0 Å². The van der Waals surface area contributed by atoms with E-state index in [0.29, 0.717) is 0 Å². The predicted molar refractivity (Wildman–Crippen MR) is 140 cm³/mol. The quantitative estimate of drug-likeness (QED) is 0.156. The summed E-state index contributed by atoms with van der Waals surface area (Å²) in [6, 6.07) is 0.208. The summed E-state index contributed by atoms with van der Waals surface area (Å²) in [5, 5.41) is 43.7. The molecule has 16 nitrogen and oxygen atoms in total. The highest BCUT2D eigenvalue weighted by Gasteiger charge is 2.59. The Morgan fingerprint density at radius 3 is 2.59 bits per heavy atom. The Bertz CT molecular complexity index is 1190. The summed E-state index contributed by atoms with van der Waals surface area (Å²) in [6.45, 7) is 3.74. The van der Waals surface area contributed by atoms with Crippen LogP contribution in [0.3, 0.4) is 0 Å². The van der Waals surface area contributed by atoms with Crippen molar-refractivity contribution in [2.24, 2.45) is 0 Å². The van der Waals surface area contributed by atoms with Crippen LogP contribution in [0.2, 0.25) is 0 Å². The van der Waals surface area contributed by atoms with Gasteiger partial charge in [-0.2, -0.15) is 4.98 Å². The van der Waals surface area contributed by atoms with Gasteiger partial charge in [0, 0.05) is 25.3 Å². The zero-order valence-corrected chi connectivity index (χ0v) is 23.7. The highest BCUT2D eigenvalue weighted by atomic mass is 32.2. The number of nitrogen functional groups attached to an aromatic ring is 1. The molecule has 0 radical (unpaired) electrons. The molecule has 0 unspecified atom stereocenters. The molecule has 10 atom stereocenters. The van der Waals surface area contributed by atoms with Crippen molar-refractivity contribution in [3.05, 3.63) is 22.7 Å². The molecule has 17 heteroatoms. The second-order valence-corrected chi connectivity index (χ2v) is 11.8. The molecule has 3 saturated heterocycles. The van der Waals surface area contributed by atoms with E-state index in [1.807, 2.05) is 0 Å². The molecule has 0 bridgehead atoms. The Morgan fingerprint density at radius 2 is 1.98 bits per heavy atom. The Kier molecular flexibility index (Phi) is 9.32. The molecule has 0 aliphatic carbocycles. The fourth-order valence-electron chi connectivity index (χ4n) is 5.28. The zero-order valence-electron chi connectivity index (χ0n) is 22.9. The number of hydrogen-bond donors (Lipinski definition) is 6. The highest BCUT2D eigenvalue weighted by molar-refractivity contribution is 8.01. The van der Waals surface area contributed by atoms with E-state index in [1.165, 1.54) is 23.8 Å². The largest absolute Gasteiger partial charge is 0.466 e. The van der Waals surface area contributed by atoms with Crippen molar-refractivity contribution >= 4 is 29.5 Å². The van der Waals surface area contributed by atoms with Gasteiger partial charge >= 0.3 is 11.7 Å². The number of nitrogens with two attached hydrogens (primary N) is 1. The minimum absolute atomic E-state index is 0.00769. The number of anilines is 1. The monoisotopic (exact) mass is 604 g/mol. The number of aromatic nitrogens is 2. The molecule has 0 aromatic carbocycles. The van der Waals surface area contributed by atoms with E-state index in [9.17, 15) is 34.8 Å². The van der Waals surface area contributed by atoms with E-state index in [4.69, 9.17) is 29.4 Å². The van der Waals surface area contributed by atoms with E-state index in [0.717, 1.165) is 18.9 Å². The first-order valence-corrected chi connectivity index (χ1v) is 13.9. The average molecular weight is 605 g/mol. The number of nitrogens with zero attached hydrogens (tertiary/aromatic N) is 2. The van der Waals surface area contributed by atoms with Gasteiger partial charge in [-0.25, -0.2) is 9.59 Å². The number of methoxy groups -OCH3 is 1. The van der Waals surface area contributed by atoms with Crippen molar-refractivity contribution in [1.29, 1.82) is 0 Å². The van der Waals surface area contributed by atoms with Gasteiger partial charge in [-0.15, -0.1) is 11.8 Å². The highest BCUT2D eigenvalue weighted by Crippen LogP contribution is 2.47. The van der Waals surface area contributed by atoms with Gasteiger partial charge in [0.25, 0.3) is 0 Å². The number of aliphatic hydroxyl groups excluding tert-OH is 4. The van der Waals surface area contributed by atoms with E-state index in [2.05, 4.69) is 10.3 Å². The fraction of sp³-hybridized carbons (Fsp3) is 0.750. The van der Waals surface area contributed by atoms with Crippen LogP contribution >= 0.6 is 11.8 Å². The first-order valence-electron chi connectivity index (χ1n) is 12.9. The summed E-state index contributed by atoms with van der Waals surface area (Å²) in [7, 11) is 1.11. The summed E-state index contributed by atoms with van der Waals surface area (Å²) < 4.78 is 30.5. The third-order valence-electron chi connectivity index (χ3n) is 7.09. The smallest absolute Gasteiger partial charge is 0.351 e. The first-order chi connectivity index (χ1) is 19.2. The van der Waals surface area contributed by atoms with Crippen LogP contribution in [0.5, 0.6) is 0 Å². The molecule has 1 aromatic rings. The van der Waals surface area contributed by atoms with Crippen LogP contribution in [-0.4, -0.2) is 121 Å². The van der Waals surface area contributed by atoms with Crippen molar-refractivity contribution < 1.29 is 53.7 Å². The topological polar surface area (TPSA) is 234 Å². The maximum Gasteiger partial charge on any atom is 0.351 e. The molecule has 1 aromatic heterocycles. The SMILES string of the molecule is COC(=O)[C@@]1(SC[C@H]2O[C@@H](n3ccc(N)nc3=O)[C@@H]3OC(C)(C)O[C@@H]32)C[C@H](O)[C@@H](NC(C)=O)[C@H]([C@H](O)[C@H](O)CO)O1. The Balaban J connectivity index is 1.62. The van der Waals surface area contributed by atoms with Crippen molar-refractivity contribution in [2.45, 2.75) is 92.9 Å². The minimum Gasteiger partial charge on any atom is -0.466 e. The van der Waals surface area contributed by atoms with E-state index in [1.54, 1.807) is 13.8 Å². The first kappa shape index (κ1) is 31.6. The number of fused-ring (bicyclic) bond motifs is 1. The molecular formula is C24H36N4O12S. The normalized spacial score (nSPS) is 35.9. The molecule has 3 fully saturated rings. The molecule has 1 amide bonds. The van der Waals surface area contributed by atoms with Gasteiger partial charge in [0.1, 0.15) is 36.3 Å². The summed E-state index contributed by atoms with van der Waals surface area (Å²) in [4.78, 5) is 39.4. The van der Waals surface area contributed by atoms with Gasteiger partial charge in [-0.05, 0) is 19.9 Å². The Labute approximate surface area is 239 Å². The molecule has 3 aliphatic heterocycles. The van der Waals surface area contributed by atoms with Crippen LogP contribution in [0.15, 0.2) is 17.1 Å². The average Bonchev–Trinajstić information content (AvgIpc) is 3.40. The third kappa shape index (κ3) is 6.37. The molecule has 0 spiro atoms. The fourth-order valence-corrected chi connectivity index (χ4v) is 6.65. The maximum absolute atomic E-state index is 13.1. The number of nitrogens with one attached hydrogen (secondary N) is 1. The van der Waals surface area contributed by atoms with Crippen LogP contribution in [0.4, 0.5) is 5.82 Å². The number of ether oxygens (including phenoxy) is 5. The lowest BCUT2D eigenvalue weighted by molar-refractivity contribution is -0.207. The molecular weight excluding hydrogens is 568 g/mol. The number of aliphatic hydroxyl groups is 4. The number of hydrogen-bond acceptors (Lipinski definition) is 15. The molecule has 4 heterocycles. The molecule has 7 N–H and O–H groups in total. The molecule has 3 aliphatic rings. The van der Waals surface area contributed by atoms with Crippen molar-refractivity contribution in [1.82, 2.24) is 14.9 Å². The lowest BCUT2D eigenvalue weighted by Crippen LogP contribution is -2.66. The number of esters is 1. The maximum atomic E-state index is 13.1. The van der Waals surface area contributed by atoms with Gasteiger partial charge in [-0.1, -0.05) is 0 Å². The van der Waals surface area contributed by atoms with Gasteiger partial charge < -0.3 is 55.2 Å². The van der Waals surface area contributed by atoms with Crippen molar-refractivity contribution in [3.8, 4) is 0 Å². The Morgan fingerprint density at radius 1 is 1.29 bits per heavy atom. The van der Waals surface area contributed by atoms with Crippen molar-refractivity contribution in [2.75, 3.05) is 25.2 Å². The van der Waals surface area contributed by atoms with Crippen LogP contribution < -0.4 is 16.7 Å². The summed E-state index contributed by atoms with van der Waals surface area (Å²) in [5.74, 6) is -2.47. The van der Waals surface area contributed by atoms with E-state index >= 15 is 0 Å². The number of rotatable bonds is 9. The molecule has 41 heavy (non-hydrogen) atoms. The summed E-state index contributed by atoms with van der Waals surface area (Å²) in [5.41, 5.74) is 4.96. The number of amides is 1. The van der Waals surface area contributed by atoms with Crippen LogP contribution in [-0.2, 0) is 33.3 Å². The van der Waals surface area contributed by atoms with Gasteiger partial charge in [0.15, 0.2) is 12.0 Å². The van der Waals surface area contributed by atoms with Crippen molar-refractivity contribution in [3.63, 3.8) is 0 Å². The number of carbonyl (C=O) groups is 2. The van der Waals surface area contributed by atoms with Crippen LogP contribution in [0.1, 0.15) is 33.4 Å². The third-order valence-corrected chi connectivity index (χ3v) is 8.48. The molecule has 4 rings (SSSR count). The molecule has 230 valence electrons. The van der Waals surface area contributed by atoms with Crippen LogP contribution in [0.25, 0.3) is 0 Å². The van der Waals surface area contributed by atoms with Gasteiger partial charge in [-0.3, -0.25) is 9.36 Å².